The topological polar surface area (TPSA) is 26.3 Å². The molecule has 0 aliphatic carbocycles. The molecule has 15 heavy (non-hydrogen) atoms. The van der Waals surface area contributed by atoms with E-state index in [1.165, 1.54) is 0 Å². The molecule has 0 spiro atoms. The van der Waals surface area contributed by atoms with E-state index >= 15 is 0 Å². The average molecular weight is 331 g/mol. The van der Waals surface area contributed by atoms with Gasteiger partial charge in [0.05, 0.1) is 6.10 Å². The van der Waals surface area contributed by atoms with E-state index in [1.807, 2.05) is 6.92 Å². The van der Waals surface area contributed by atoms with E-state index in [2.05, 4.69) is 6.92 Å². The fourth-order valence-corrected chi connectivity index (χ4v) is 1.28. The number of ketones is 1. The third-order valence-electron chi connectivity index (χ3n) is 2.00. The molecule has 86 valence electrons. The van der Waals surface area contributed by atoms with Crippen LogP contribution in [-0.4, -0.2) is 18.5 Å². The van der Waals surface area contributed by atoms with Crippen molar-refractivity contribution < 1.29 is 46.0 Å². The minimum atomic E-state index is 0. The summed E-state index contributed by atoms with van der Waals surface area (Å²) in [6.45, 7) is 8.15. The zero-order valence-corrected chi connectivity index (χ0v) is 14.5. The molecule has 0 aromatic heterocycles. The maximum Gasteiger partial charge on any atom is 2.00 e. The summed E-state index contributed by atoms with van der Waals surface area (Å²) in [5.74, 6) is 0.249. The molecule has 0 aliphatic heterocycles. The van der Waals surface area contributed by atoms with Gasteiger partial charge in [0.25, 0.3) is 0 Å². The number of carbonyl (C=O) groups excluding carboxylic acids is 1. The standard InChI is InChI=1S/C11H21O2.BrH.Zn/c1-4-6-7-11(13-5-2)9-8-10(3)12;;/h11H,1,4-9H2,2-3H3;1H;/q-1;;+2/p-1. The number of halogens is 1. The molecular weight excluding hydrogens is 309 g/mol. The quantitative estimate of drug-likeness (QED) is 0.454. The van der Waals surface area contributed by atoms with Crippen LogP contribution in [0.3, 0.4) is 0 Å². The van der Waals surface area contributed by atoms with Crippen LogP contribution >= 0.6 is 0 Å². The van der Waals surface area contributed by atoms with Gasteiger partial charge in [-0.3, -0.25) is 0 Å². The Hall–Kier alpha value is 0.733. The molecule has 0 rings (SSSR count). The minimum absolute atomic E-state index is 0. The molecule has 4 heteroatoms. The second-order valence-electron chi connectivity index (χ2n) is 3.31. The largest absolute Gasteiger partial charge is 2.00 e. The fourth-order valence-electron chi connectivity index (χ4n) is 1.28. The first-order valence-corrected chi connectivity index (χ1v) is 5.11. The predicted molar refractivity (Wildman–Crippen MR) is 54.5 cm³/mol. The van der Waals surface area contributed by atoms with Crippen LogP contribution in [-0.2, 0) is 29.0 Å². The number of hydrogen-bond donors (Lipinski definition) is 0. The smallest absolute Gasteiger partial charge is 1.00 e. The second kappa shape index (κ2) is 14.7. The van der Waals surface area contributed by atoms with Gasteiger partial charge < -0.3 is 33.4 Å². The van der Waals surface area contributed by atoms with Gasteiger partial charge in [0.15, 0.2) is 0 Å². The van der Waals surface area contributed by atoms with E-state index in [0.717, 1.165) is 32.3 Å². The molecule has 0 saturated heterocycles. The summed E-state index contributed by atoms with van der Waals surface area (Å²) in [6.07, 6.45) is 4.83. The monoisotopic (exact) mass is 328 g/mol. The zero-order chi connectivity index (χ0) is 10.1. The van der Waals surface area contributed by atoms with E-state index in [4.69, 9.17) is 4.74 Å². The summed E-state index contributed by atoms with van der Waals surface area (Å²) in [5.41, 5.74) is 0. The summed E-state index contributed by atoms with van der Waals surface area (Å²) in [5, 5.41) is 0. The van der Waals surface area contributed by atoms with Gasteiger partial charge in [0.2, 0.25) is 0 Å². The first kappa shape index (κ1) is 21.1. The maximum atomic E-state index is 10.8. The summed E-state index contributed by atoms with van der Waals surface area (Å²) < 4.78 is 5.51. The van der Waals surface area contributed by atoms with Crippen LogP contribution in [0.15, 0.2) is 0 Å². The number of ether oxygens (including phenoxy) is 1. The summed E-state index contributed by atoms with van der Waals surface area (Å²) in [4.78, 5) is 10.8. The number of unbranched alkanes of at least 4 members (excludes halogenated alkanes) is 1. The molecule has 0 aromatic carbocycles. The molecule has 0 radical (unpaired) electrons. The van der Waals surface area contributed by atoms with Crippen LogP contribution in [0.2, 0.25) is 0 Å². The SMILES string of the molecule is [Br-].[CH2-]CCCC(CCC(C)=O)OCC.[Zn+2]. The first-order chi connectivity index (χ1) is 6.20. The third kappa shape index (κ3) is 14.7. The van der Waals surface area contributed by atoms with Gasteiger partial charge in [0, 0.05) is 13.0 Å². The Bertz CT molecular complexity index is 143. The number of hydrogen-bond acceptors (Lipinski definition) is 2. The Balaban J connectivity index is -0.000000720. The predicted octanol–water partition coefficient (Wildman–Crippen LogP) is -0.233. The molecule has 0 aliphatic rings. The van der Waals surface area contributed by atoms with Gasteiger partial charge in [-0.15, -0.1) is 0 Å². The van der Waals surface area contributed by atoms with E-state index < -0.39 is 0 Å². The van der Waals surface area contributed by atoms with Gasteiger partial charge in [0.1, 0.15) is 5.78 Å². The van der Waals surface area contributed by atoms with Gasteiger partial charge in [-0.25, -0.2) is 0 Å². The van der Waals surface area contributed by atoms with Gasteiger partial charge in [-0.2, -0.15) is 6.42 Å². The molecule has 0 bridgehead atoms. The maximum absolute atomic E-state index is 10.8. The first-order valence-electron chi connectivity index (χ1n) is 5.11. The van der Waals surface area contributed by atoms with Crippen molar-refractivity contribution in [3.63, 3.8) is 0 Å². The number of Topliss-reactive ketones (excluding diaryl/α,β-unsaturated/α-hetero) is 1. The molecule has 0 saturated carbocycles. The number of carbonyl (C=O) groups is 1. The van der Waals surface area contributed by atoms with Crippen molar-refractivity contribution in [2.45, 2.75) is 52.1 Å². The fraction of sp³-hybridized carbons (Fsp3) is 0.818. The molecule has 2 nitrogen and oxygen atoms in total. The Kier molecular flexibility index (Phi) is 20.7. The van der Waals surface area contributed by atoms with Crippen molar-refractivity contribution in [1.82, 2.24) is 0 Å². The van der Waals surface area contributed by atoms with E-state index in [1.54, 1.807) is 6.92 Å². The van der Waals surface area contributed by atoms with Crippen molar-refractivity contribution in [1.29, 1.82) is 0 Å². The Morgan fingerprint density at radius 1 is 1.40 bits per heavy atom. The molecule has 0 fully saturated rings. The average Bonchev–Trinajstić information content (AvgIpc) is 2.09. The molecule has 0 N–H and O–H groups in total. The normalized spacial score (nSPS) is 11.1. The summed E-state index contributed by atoms with van der Waals surface area (Å²) in [6, 6.07) is 0. The van der Waals surface area contributed by atoms with E-state index in [9.17, 15) is 4.79 Å². The van der Waals surface area contributed by atoms with Crippen LogP contribution in [0.25, 0.3) is 0 Å². The Morgan fingerprint density at radius 3 is 2.40 bits per heavy atom. The van der Waals surface area contributed by atoms with Gasteiger partial charge >= 0.3 is 19.5 Å². The molecule has 0 aromatic rings. The van der Waals surface area contributed by atoms with Crippen molar-refractivity contribution in [3.8, 4) is 0 Å². The minimum Gasteiger partial charge on any atom is -1.00 e. The summed E-state index contributed by atoms with van der Waals surface area (Å²) >= 11 is 0. The van der Waals surface area contributed by atoms with E-state index in [0.29, 0.717) is 6.42 Å². The van der Waals surface area contributed by atoms with Crippen LogP contribution in [0.4, 0.5) is 0 Å². The van der Waals surface area contributed by atoms with Gasteiger partial charge in [-0.1, -0.05) is 6.42 Å². The molecule has 1 atom stereocenters. The third-order valence-corrected chi connectivity index (χ3v) is 2.00. The van der Waals surface area contributed by atoms with Crippen LogP contribution in [0.5, 0.6) is 0 Å². The molecule has 0 heterocycles. The van der Waals surface area contributed by atoms with Gasteiger partial charge in [-0.05, 0) is 26.7 Å². The van der Waals surface area contributed by atoms with Crippen LogP contribution in [0.1, 0.15) is 46.0 Å². The Labute approximate surface area is 117 Å². The molecular formula is C11H21BrO2Zn. The van der Waals surface area contributed by atoms with Crippen LogP contribution in [0, 0.1) is 6.92 Å². The Morgan fingerprint density at radius 2 is 2.00 bits per heavy atom. The van der Waals surface area contributed by atoms with Crippen molar-refractivity contribution >= 4 is 5.78 Å². The van der Waals surface area contributed by atoms with Crippen LogP contribution < -0.4 is 17.0 Å². The molecule has 0 amide bonds. The van der Waals surface area contributed by atoms with Crippen molar-refractivity contribution in [3.05, 3.63) is 6.92 Å². The zero-order valence-electron chi connectivity index (χ0n) is 9.93. The number of rotatable bonds is 8. The van der Waals surface area contributed by atoms with Crippen molar-refractivity contribution in [2.75, 3.05) is 6.61 Å². The van der Waals surface area contributed by atoms with E-state index in [-0.39, 0.29) is 48.3 Å². The summed E-state index contributed by atoms with van der Waals surface area (Å²) in [7, 11) is 0. The van der Waals surface area contributed by atoms with Crippen molar-refractivity contribution in [2.24, 2.45) is 0 Å². The second-order valence-corrected chi connectivity index (χ2v) is 3.31. The molecule has 1 unspecified atom stereocenters.